The molecular formula is C112H148BrN11O17. The van der Waals surface area contributed by atoms with Crippen molar-refractivity contribution in [3.05, 3.63) is 200 Å². The van der Waals surface area contributed by atoms with Gasteiger partial charge in [-0.15, -0.1) is 0 Å². The van der Waals surface area contributed by atoms with Gasteiger partial charge in [0.2, 0.25) is 0 Å². The lowest BCUT2D eigenvalue weighted by atomic mass is 9.64. The Kier molecular flexibility index (Phi) is 35.9. The molecule has 28 nitrogen and oxygen atoms in total. The van der Waals surface area contributed by atoms with Crippen LogP contribution in [0.4, 0.5) is 53.3 Å². The number of carboxylic acid groups (broad SMARTS) is 1. The van der Waals surface area contributed by atoms with Crippen molar-refractivity contribution in [3.63, 3.8) is 0 Å². The predicted octanol–water partition coefficient (Wildman–Crippen LogP) is 22.1. The number of aryl methyl sites for hydroxylation is 2. The molecule has 4 fully saturated rings. The minimum atomic E-state index is -0.704. The van der Waals surface area contributed by atoms with E-state index in [1.54, 1.807) is 19.6 Å². The van der Waals surface area contributed by atoms with Crippen molar-refractivity contribution in [2.75, 3.05) is 80.8 Å². The van der Waals surface area contributed by atoms with Gasteiger partial charge in [0.15, 0.2) is 0 Å². The molecule has 2 aromatic heterocycles. The number of aromatic nitrogens is 4. The average molecular weight is 2000 g/mol. The van der Waals surface area contributed by atoms with Crippen molar-refractivity contribution in [1.29, 1.82) is 0 Å². The van der Waals surface area contributed by atoms with Gasteiger partial charge in [-0.1, -0.05) is 152 Å². The normalized spacial score (nSPS) is 23.1. The van der Waals surface area contributed by atoms with Crippen LogP contribution < -0.4 is 36.8 Å². The zero-order valence-corrected chi connectivity index (χ0v) is 87.5. The van der Waals surface area contributed by atoms with Gasteiger partial charge in [-0.3, -0.25) is 38.8 Å². The Morgan fingerprint density at radius 3 is 1.09 bits per heavy atom. The first-order valence-corrected chi connectivity index (χ1v) is 50.7. The summed E-state index contributed by atoms with van der Waals surface area (Å²) in [4.78, 5) is 125. The van der Waals surface area contributed by atoms with Crippen molar-refractivity contribution >= 4 is 127 Å². The van der Waals surface area contributed by atoms with E-state index >= 15 is 0 Å². The molecule has 8 aliphatic rings. The van der Waals surface area contributed by atoms with Crippen molar-refractivity contribution in [2.45, 2.75) is 279 Å². The Hall–Kier alpha value is -11.9. The van der Waals surface area contributed by atoms with E-state index in [1.807, 2.05) is 99.6 Å². The Labute approximate surface area is 839 Å². The van der Waals surface area contributed by atoms with Gasteiger partial charge in [0, 0.05) is 88.4 Å². The van der Waals surface area contributed by atoms with E-state index in [4.69, 9.17) is 60.3 Å². The number of aldehydes is 1. The molecule has 4 aliphatic carbocycles. The lowest BCUT2D eigenvalue weighted by molar-refractivity contribution is -0.153. The van der Waals surface area contributed by atoms with Crippen LogP contribution in [0.2, 0.25) is 0 Å². The summed E-state index contributed by atoms with van der Waals surface area (Å²) in [6.45, 7) is 25.2. The average Bonchev–Trinajstić information content (AvgIpc) is 1.66. The third-order valence-electron chi connectivity index (χ3n) is 31.0. The zero-order valence-electron chi connectivity index (χ0n) is 85.9. The maximum Gasteiger partial charge on any atom is 0.414 e. The minimum Gasteiger partial charge on any atom is -0.481 e. The molecule has 9 aromatic rings. The fourth-order valence-electron chi connectivity index (χ4n) is 23.4. The Morgan fingerprint density at radius 2 is 0.730 bits per heavy atom. The maximum atomic E-state index is 12.7. The Morgan fingerprint density at radius 1 is 0.397 bits per heavy atom. The molecule has 141 heavy (non-hydrogen) atoms. The highest BCUT2D eigenvalue weighted by molar-refractivity contribution is 9.10. The number of carboxylic acids is 1. The van der Waals surface area contributed by atoms with Crippen molar-refractivity contribution < 1.29 is 81.4 Å². The second-order valence-corrected chi connectivity index (χ2v) is 43.0. The molecule has 0 bridgehead atoms. The molecule has 4 saturated carbocycles. The van der Waals surface area contributed by atoms with Gasteiger partial charge in [-0.25, -0.2) is 29.1 Å². The van der Waals surface area contributed by atoms with E-state index < -0.39 is 5.97 Å². The molecule has 7 N–H and O–H groups in total. The van der Waals surface area contributed by atoms with Crippen LogP contribution >= 0.6 is 15.9 Å². The number of carbonyl (C=O) groups excluding carboxylic acids is 8. The van der Waals surface area contributed by atoms with Crippen LogP contribution in [0.15, 0.2) is 144 Å². The number of rotatable bonds is 14. The van der Waals surface area contributed by atoms with Gasteiger partial charge in [-0.2, -0.15) is 0 Å². The van der Waals surface area contributed by atoms with Crippen molar-refractivity contribution in [3.8, 4) is 0 Å². The number of nitrogens with two attached hydrogens (primary N) is 3. The molecule has 4 amide bonds. The maximum absolute atomic E-state index is 12.7. The number of esters is 3. The Balaban J connectivity index is 0.000000160. The number of hydrogen-bond acceptors (Lipinski definition) is 21. The van der Waals surface area contributed by atoms with E-state index in [1.165, 1.54) is 60.9 Å². The highest BCUT2D eigenvalue weighted by Crippen LogP contribution is 2.53. The van der Waals surface area contributed by atoms with E-state index in [0.29, 0.717) is 30.9 Å². The molecule has 7 aromatic carbocycles. The highest BCUT2D eigenvalue weighted by atomic mass is 79.9. The first-order chi connectivity index (χ1) is 67.1. The van der Waals surface area contributed by atoms with Gasteiger partial charge >= 0.3 is 48.3 Å². The number of ether oxygens (including phenoxy) is 7. The SMILES string of the molecule is COC(=O)N1c2ccc(Br)c(N)c2CC[C@@H]1C.COC(=O)N1c2ccc3c(nc(Cc4ccccc4)n3[C@H]3CC[C@H](C(=O)O)C(C)(C)C3)c2CC[C@@H]1C.COC(=O)[C@H]1CC[C@H](Cc2ccc3c(c2N)CC[C@H](C)N3C(=O)OC)CC1(C)C.COC(=O)[C@H]1CC[C@H](N)CC1(C)C.COC(=O)[C@H]1CC[C@H](n2c(Cc3ccccc3)nc3c4c(ccc32)N(C(=O)OC)[C@@H](C)CC4)CC1(C)C.O=CCc1ccccc1. The number of methoxy groups -OCH3 is 7. The lowest BCUT2D eigenvalue weighted by Crippen LogP contribution is -2.42. The summed E-state index contributed by atoms with van der Waals surface area (Å²) in [7, 11) is 10.1. The first-order valence-electron chi connectivity index (χ1n) is 49.9. The van der Waals surface area contributed by atoms with Gasteiger partial charge < -0.3 is 69.4 Å². The third kappa shape index (κ3) is 24.4. The van der Waals surface area contributed by atoms with Crippen LogP contribution in [0.3, 0.4) is 0 Å². The van der Waals surface area contributed by atoms with Gasteiger partial charge in [0.25, 0.3) is 0 Å². The molecule has 4 aliphatic heterocycles. The molecule has 12 atom stereocenters. The van der Waals surface area contributed by atoms with Crippen LogP contribution in [0.5, 0.6) is 0 Å². The number of benzene rings is 7. The van der Waals surface area contributed by atoms with E-state index in [9.17, 15) is 48.3 Å². The summed E-state index contributed by atoms with van der Waals surface area (Å²) < 4.78 is 40.6. The predicted molar refractivity (Wildman–Crippen MR) is 556 cm³/mol. The van der Waals surface area contributed by atoms with E-state index in [-0.39, 0.29) is 130 Å². The summed E-state index contributed by atoms with van der Waals surface area (Å²) in [5, 5.41) is 9.79. The Bertz CT molecular complexity index is 5920. The molecule has 6 heterocycles. The van der Waals surface area contributed by atoms with Gasteiger partial charge in [0.05, 0.1) is 124 Å². The molecule has 0 spiro atoms. The number of nitrogens with zero attached hydrogens (tertiary/aromatic N) is 8. The topological polar surface area (TPSA) is 365 Å². The minimum absolute atomic E-state index is 0.00917. The van der Waals surface area contributed by atoms with Gasteiger partial charge in [0.1, 0.15) is 17.9 Å². The standard InChI is InChI=1S/C30H37N3O4.C29H35N3O4.C23H34N2O4.C12H15BrN2O2.C10H19NO2.C8H8O/c1-19-11-13-22-24(32(19)29(35)37-5)15-16-25-27(22)31-26(17-20-9-7-6-8-10-20)33(25)21-12-14-23(28(34)36-4)30(2,3)18-21;1-18-10-12-21-23(31(18)28(35)36-4)14-15-24-26(21)30-25(16-19-8-6-5-7-9-19)32(24)20-11-13-22(27(33)34)29(2,3)17-20;1-14-6-9-17-19(25(14)22(27)29-5)11-8-16(20(17)24)12-15-7-10-18(21(26)28-4)23(2,3)13-15;1-7-3-4-8-10(15(7)12(16)17-2)6-5-9(13)11(8)14;1-10(2)6-7(11)4-5-8(10)9(12)13-3;9-7-6-8-4-2-1-3-5-8/h6-10,15-16,19,21,23H,11-14,17-18H2,1-5H3;5-9,14-15,18,20,22H,10-13,16-17H2,1-4H3,(H,33,34);8,11,14-15,18H,6-7,9-10,12-13,24H2,1-5H3;5-7H,3-4,14H2,1-2H3;7-8H,4-6,11H2,1-3H3;1-5,7H,6H2/t19-,21-,23+;18-,20-,22+;14-,15+,18+;7-;7-,8+;/m00000./s1. The van der Waals surface area contributed by atoms with Crippen LogP contribution in [-0.4, -0.2) is 159 Å². The molecule has 0 unspecified atom stereocenters. The molecule has 0 radical (unpaired) electrons. The molecular weight excluding hydrogens is 1850 g/mol. The third-order valence-corrected chi connectivity index (χ3v) is 31.7. The first kappa shape index (κ1) is 108. The number of fused-ring (bicyclic) bond motifs is 8. The summed E-state index contributed by atoms with van der Waals surface area (Å²) in [5.74, 6) is 1.02. The fourth-order valence-corrected chi connectivity index (χ4v) is 23.8. The van der Waals surface area contributed by atoms with E-state index in [2.05, 4.69) is 148 Å². The number of aliphatic carboxylic acids is 1. The number of halogens is 1. The summed E-state index contributed by atoms with van der Waals surface area (Å²) in [6.07, 6.45) is 19.6. The van der Waals surface area contributed by atoms with Crippen LogP contribution in [0, 0.1) is 51.2 Å². The summed E-state index contributed by atoms with van der Waals surface area (Å²) in [6, 6.07) is 47.5. The number of hydrogen-bond donors (Lipinski definition) is 4. The number of anilines is 6. The van der Waals surface area contributed by atoms with Crippen molar-refractivity contribution in [1.82, 2.24) is 19.1 Å². The lowest BCUT2D eigenvalue weighted by Gasteiger charge is -2.41. The van der Waals surface area contributed by atoms with Gasteiger partial charge in [-0.05, 0) is 276 Å². The number of nitrogen functional groups attached to an aromatic ring is 2. The molecule has 29 heteroatoms. The zero-order chi connectivity index (χ0) is 102. The fraction of sp³-hybridized carbons (Fsp3) is 0.527. The number of carbonyl (C=O) groups is 9. The van der Waals surface area contributed by atoms with E-state index in [0.717, 1.165) is 241 Å². The molecule has 760 valence electrons. The number of imidazole rings is 2. The quantitative estimate of drug-likeness (QED) is 0.0340. The molecule has 0 saturated heterocycles. The largest absolute Gasteiger partial charge is 0.481 e. The smallest absolute Gasteiger partial charge is 0.414 e. The second-order valence-electron chi connectivity index (χ2n) is 42.2. The van der Waals surface area contributed by atoms with Crippen LogP contribution in [-0.2, 0) is 108 Å². The van der Waals surface area contributed by atoms with Crippen LogP contribution in [0.1, 0.15) is 254 Å². The summed E-state index contributed by atoms with van der Waals surface area (Å²) in [5.41, 5.74) is 35.8. The second kappa shape index (κ2) is 46.9. The monoisotopic (exact) mass is 2000 g/mol. The molecule has 17 rings (SSSR count). The highest BCUT2D eigenvalue weighted by Gasteiger charge is 2.48. The van der Waals surface area contributed by atoms with Crippen molar-refractivity contribution in [2.24, 2.45) is 57.0 Å². The number of amides is 4. The summed E-state index contributed by atoms with van der Waals surface area (Å²) >= 11 is 3.40. The van der Waals surface area contributed by atoms with Crippen LogP contribution in [0.25, 0.3) is 22.1 Å².